The summed E-state index contributed by atoms with van der Waals surface area (Å²) in [4.78, 5) is 4.57. The molecule has 2 aromatic heterocycles. The van der Waals surface area contributed by atoms with Gasteiger partial charge in [-0.3, -0.25) is 0 Å². The Kier molecular flexibility index (Phi) is 3.52. The van der Waals surface area contributed by atoms with Gasteiger partial charge in [-0.1, -0.05) is 12.1 Å². The lowest BCUT2D eigenvalue weighted by Gasteiger charge is -2.02. The number of nitrogens with zero attached hydrogens (tertiary/aromatic N) is 4. The van der Waals surface area contributed by atoms with Crippen molar-refractivity contribution in [3.05, 3.63) is 47.1 Å². The van der Waals surface area contributed by atoms with E-state index < -0.39 is 0 Å². The van der Waals surface area contributed by atoms with E-state index in [-0.39, 0.29) is 0 Å². The molecule has 0 amide bonds. The Morgan fingerprint density at radius 1 is 1.15 bits per heavy atom. The van der Waals surface area contributed by atoms with Gasteiger partial charge in [0.1, 0.15) is 11.9 Å². The summed E-state index contributed by atoms with van der Waals surface area (Å²) in [6, 6.07) is 13.5. The third kappa shape index (κ3) is 2.73. The summed E-state index contributed by atoms with van der Waals surface area (Å²) < 4.78 is 1.21. The van der Waals surface area contributed by atoms with Crippen molar-refractivity contribution in [3.8, 4) is 6.07 Å². The van der Waals surface area contributed by atoms with Gasteiger partial charge in [0.05, 0.1) is 15.2 Å². The fourth-order valence-corrected chi connectivity index (χ4v) is 2.78. The molecule has 1 N–H and O–H groups in total. The average Bonchev–Trinajstić information content (AvgIpc) is 2.90. The number of hydrogen-bond donors (Lipinski definition) is 1. The molecular weight excluding hydrogens is 270 g/mol. The van der Waals surface area contributed by atoms with Gasteiger partial charge in [0.25, 0.3) is 0 Å². The predicted octanol–water partition coefficient (Wildman–Crippen LogP) is 2.61. The van der Waals surface area contributed by atoms with E-state index in [0.717, 1.165) is 23.5 Å². The van der Waals surface area contributed by atoms with Crippen molar-refractivity contribution in [1.82, 2.24) is 15.2 Å². The predicted molar refractivity (Wildman–Crippen MR) is 78.6 cm³/mol. The number of aromatic nitrogens is 3. The van der Waals surface area contributed by atoms with Crippen molar-refractivity contribution < 1.29 is 0 Å². The third-order valence-corrected chi connectivity index (χ3v) is 3.86. The van der Waals surface area contributed by atoms with Crippen molar-refractivity contribution in [1.29, 1.82) is 5.26 Å². The summed E-state index contributed by atoms with van der Waals surface area (Å²) in [5.41, 5.74) is 1.37. The van der Waals surface area contributed by atoms with E-state index in [1.54, 1.807) is 23.5 Å². The van der Waals surface area contributed by atoms with Gasteiger partial charge < -0.3 is 5.32 Å². The summed E-state index contributed by atoms with van der Waals surface area (Å²) in [6.07, 6.45) is 0.834. The van der Waals surface area contributed by atoms with Crippen molar-refractivity contribution in [2.24, 2.45) is 0 Å². The lowest BCUT2D eigenvalue weighted by molar-refractivity contribution is 0.953. The zero-order chi connectivity index (χ0) is 13.8. The van der Waals surface area contributed by atoms with Crippen LogP contribution < -0.4 is 5.32 Å². The normalized spacial score (nSPS) is 10.3. The number of nitriles is 1. The largest absolute Gasteiger partial charge is 0.368 e. The number of benzene rings is 1. The molecule has 6 heteroatoms. The molecule has 3 aromatic rings. The van der Waals surface area contributed by atoms with Crippen LogP contribution >= 0.6 is 11.3 Å². The molecule has 0 unspecified atom stereocenters. The monoisotopic (exact) mass is 281 g/mol. The molecule has 0 fully saturated rings. The molecule has 0 radical (unpaired) electrons. The Balaban J connectivity index is 1.60. The first-order valence-corrected chi connectivity index (χ1v) is 6.99. The van der Waals surface area contributed by atoms with E-state index in [4.69, 9.17) is 5.26 Å². The second kappa shape index (κ2) is 5.63. The number of nitrogens with one attached hydrogen (secondary N) is 1. The van der Waals surface area contributed by atoms with E-state index in [1.165, 1.54) is 4.70 Å². The number of anilines is 1. The number of hydrogen-bond acceptors (Lipinski definition) is 6. The second-order valence-corrected chi connectivity index (χ2v) is 5.28. The molecular formula is C14H11N5S. The van der Waals surface area contributed by atoms with Gasteiger partial charge in [-0.25, -0.2) is 4.98 Å². The highest BCUT2D eigenvalue weighted by atomic mass is 32.1. The van der Waals surface area contributed by atoms with Gasteiger partial charge in [-0.2, -0.15) is 5.26 Å². The standard InChI is InChI=1S/C14H11N5S/c15-9-10-5-6-13(19-18-10)16-8-7-14-17-11-3-1-2-4-12(11)20-14/h1-6H,7-8H2,(H,16,19). The Morgan fingerprint density at radius 3 is 2.80 bits per heavy atom. The van der Waals surface area contributed by atoms with Crippen LogP contribution in [-0.2, 0) is 6.42 Å². The topological polar surface area (TPSA) is 74.5 Å². The van der Waals surface area contributed by atoms with E-state index in [0.29, 0.717) is 11.5 Å². The Morgan fingerprint density at radius 2 is 2.05 bits per heavy atom. The maximum absolute atomic E-state index is 8.64. The summed E-state index contributed by atoms with van der Waals surface area (Å²) in [5, 5.41) is 20.6. The van der Waals surface area contributed by atoms with Crippen molar-refractivity contribution in [2.75, 3.05) is 11.9 Å². The maximum Gasteiger partial charge on any atom is 0.163 e. The summed E-state index contributed by atoms with van der Waals surface area (Å²) in [5.74, 6) is 0.671. The molecule has 0 bridgehead atoms. The Labute approximate surface area is 119 Å². The lowest BCUT2D eigenvalue weighted by atomic mass is 10.3. The van der Waals surface area contributed by atoms with E-state index in [2.05, 4.69) is 26.6 Å². The smallest absolute Gasteiger partial charge is 0.163 e. The summed E-state index contributed by atoms with van der Waals surface area (Å²) >= 11 is 1.71. The highest BCUT2D eigenvalue weighted by Crippen LogP contribution is 2.21. The number of thiazole rings is 1. The first-order valence-electron chi connectivity index (χ1n) is 6.17. The molecule has 2 heterocycles. The van der Waals surface area contributed by atoms with Crippen molar-refractivity contribution in [3.63, 3.8) is 0 Å². The van der Waals surface area contributed by atoms with Crippen LogP contribution in [0.2, 0.25) is 0 Å². The van der Waals surface area contributed by atoms with Gasteiger partial charge in [0, 0.05) is 13.0 Å². The average molecular weight is 281 g/mol. The molecule has 0 atom stereocenters. The third-order valence-electron chi connectivity index (χ3n) is 2.76. The Hall–Kier alpha value is -2.52. The molecule has 98 valence electrons. The van der Waals surface area contributed by atoms with Gasteiger partial charge in [-0.05, 0) is 24.3 Å². The number of para-hydroxylation sites is 1. The van der Waals surface area contributed by atoms with Crippen LogP contribution in [0.4, 0.5) is 5.82 Å². The Bertz CT molecular complexity index is 724. The van der Waals surface area contributed by atoms with E-state index in [1.807, 2.05) is 24.3 Å². The zero-order valence-electron chi connectivity index (χ0n) is 10.6. The van der Waals surface area contributed by atoms with Crippen LogP contribution in [0.25, 0.3) is 10.2 Å². The molecule has 0 aliphatic heterocycles. The van der Waals surface area contributed by atoms with E-state index >= 15 is 0 Å². The van der Waals surface area contributed by atoms with Crippen LogP contribution in [-0.4, -0.2) is 21.7 Å². The highest BCUT2D eigenvalue weighted by Gasteiger charge is 2.03. The van der Waals surface area contributed by atoms with Crippen LogP contribution in [0.5, 0.6) is 0 Å². The molecule has 0 aliphatic rings. The second-order valence-electron chi connectivity index (χ2n) is 4.17. The van der Waals surface area contributed by atoms with Crippen molar-refractivity contribution >= 4 is 27.4 Å². The molecule has 5 nitrogen and oxygen atoms in total. The van der Waals surface area contributed by atoms with Gasteiger partial charge >= 0.3 is 0 Å². The lowest BCUT2D eigenvalue weighted by Crippen LogP contribution is -2.06. The first kappa shape index (κ1) is 12.5. The highest BCUT2D eigenvalue weighted by molar-refractivity contribution is 7.18. The van der Waals surface area contributed by atoms with Crippen LogP contribution in [0.3, 0.4) is 0 Å². The van der Waals surface area contributed by atoms with Crippen LogP contribution in [0.1, 0.15) is 10.7 Å². The SMILES string of the molecule is N#Cc1ccc(NCCc2nc3ccccc3s2)nn1. The molecule has 0 aliphatic carbocycles. The number of fused-ring (bicyclic) bond motifs is 1. The fraction of sp³-hybridized carbons (Fsp3) is 0.143. The first-order chi connectivity index (χ1) is 9.85. The maximum atomic E-state index is 8.64. The molecule has 0 saturated carbocycles. The summed E-state index contributed by atoms with van der Waals surface area (Å²) in [6.45, 7) is 0.737. The van der Waals surface area contributed by atoms with Gasteiger partial charge in [0.15, 0.2) is 5.69 Å². The van der Waals surface area contributed by atoms with E-state index in [9.17, 15) is 0 Å². The molecule has 0 spiro atoms. The minimum absolute atomic E-state index is 0.321. The molecule has 3 rings (SSSR count). The minimum Gasteiger partial charge on any atom is -0.368 e. The zero-order valence-corrected chi connectivity index (χ0v) is 11.4. The quantitative estimate of drug-likeness (QED) is 0.795. The van der Waals surface area contributed by atoms with Crippen molar-refractivity contribution in [2.45, 2.75) is 6.42 Å². The molecule has 0 saturated heterocycles. The fourth-order valence-electron chi connectivity index (χ4n) is 1.81. The minimum atomic E-state index is 0.321. The number of rotatable bonds is 4. The van der Waals surface area contributed by atoms with Gasteiger partial charge in [0.2, 0.25) is 0 Å². The van der Waals surface area contributed by atoms with Crippen LogP contribution in [0, 0.1) is 11.3 Å². The summed E-state index contributed by atoms with van der Waals surface area (Å²) in [7, 11) is 0. The molecule has 20 heavy (non-hydrogen) atoms. The van der Waals surface area contributed by atoms with Gasteiger partial charge in [-0.15, -0.1) is 21.5 Å². The van der Waals surface area contributed by atoms with Crippen LogP contribution in [0.15, 0.2) is 36.4 Å². The molecule has 1 aromatic carbocycles.